The SMILES string of the molecule is Cc1cc(C(=O)NCCC(C)C)nc(N2CCc3ccccc3C2)n1. The molecule has 0 spiro atoms. The Balaban J connectivity index is 1.75. The third-order valence-electron chi connectivity index (χ3n) is 4.50. The standard InChI is InChI=1S/C20H26N4O/c1-14(2)8-10-21-19(25)18-12-15(3)22-20(23-18)24-11-9-16-6-4-5-7-17(16)13-24/h4-7,12,14H,8-11,13H2,1-3H3,(H,21,25). The van der Waals surface area contributed by atoms with E-state index in [1.54, 1.807) is 6.07 Å². The lowest BCUT2D eigenvalue weighted by Gasteiger charge is -2.29. The number of nitrogens with zero attached hydrogens (tertiary/aromatic N) is 3. The van der Waals surface area contributed by atoms with Gasteiger partial charge in [-0.15, -0.1) is 0 Å². The van der Waals surface area contributed by atoms with Gasteiger partial charge in [0.05, 0.1) is 0 Å². The molecule has 0 bridgehead atoms. The number of hydrogen-bond acceptors (Lipinski definition) is 4. The van der Waals surface area contributed by atoms with Crippen molar-refractivity contribution in [3.63, 3.8) is 0 Å². The molecule has 1 aromatic heterocycles. The second-order valence-electron chi connectivity index (χ2n) is 7.07. The lowest BCUT2D eigenvalue weighted by molar-refractivity contribution is 0.0947. The summed E-state index contributed by atoms with van der Waals surface area (Å²) < 4.78 is 0. The first kappa shape index (κ1) is 17.4. The highest BCUT2D eigenvalue weighted by atomic mass is 16.1. The highest BCUT2D eigenvalue weighted by Gasteiger charge is 2.20. The van der Waals surface area contributed by atoms with Crippen LogP contribution in [-0.2, 0) is 13.0 Å². The number of aromatic nitrogens is 2. The van der Waals surface area contributed by atoms with Gasteiger partial charge < -0.3 is 10.2 Å². The van der Waals surface area contributed by atoms with Crippen molar-refractivity contribution in [3.8, 4) is 0 Å². The van der Waals surface area contributed by atoms with Crippen molar-refractivity contribution < 1.29 is 4.79 Å². The minimum absolute atomic E-state index is 0.121. The zero-order valence-electron chi connectivity index (χ0n) is 15.2. The molecule has 0 aliphatic carbocycles. The molecule has 1 aliphatic heterocycles. The minimum Gasteiger partial charge on any atom is -0.351 e. The van der Waals surface area contributed by atoms with Gasteiger partial charge in [-0.05, 0) is 42.9 Å². The van der Waals surface area contributed by atoms with E-state index in [4.69, 9.17) is 0 Å². The molecule has 1 N–H and O–H groups in total. The lowest BCUT2D eigenvalue weighted by Crippen LogP contribution is -2.33. The van der Waals surface area contributed by atoms with Gasteiger partial charge in [0.15, 0.2) is 0 Å². The first-order chi connectivity index (χ1) is 12.0. The van der Waals surface area contributed by atoms with Crippen LogP contribution in [0.2, 0.25) is 0 Å². The topological polar surface area (TPSA) is 58.1 Å². The average molecular weight is 338 g/mol. The molecule has 1 aromatic carbocycles. The van der Waals surface area contributed by atoms with Gasteiger partial charge in [0, 0.05) is 25.3 Å². The Morgan fingerprint density at radius 3 is 2.76 bits per heavy atom. The lowest BCUT2D eigenvalue weighted by atomic mass is 10.0. The van der Waals surface area contributed by atoms with E-state index in [1.807, 2.05) is 6.92 Å². The predicted octanol–water partition coefficient (Wildman–Crippen LogP) is 3.12. The van der Waals surface area contributed by atoms with Crippen LogP contribution in [0, 0.1) is 12.8 Å². The fraction of sp³-hybridized carbons (Fsp3) is 0.450. The zero-order valence-corrected chi connectivity index (χ0v) is 15.2. The number of carbonyl (C=O) groups excluding carboxylic acids is 1. The van der Waals surface area contributed by atoms with Crippen molar-refractivity contribution in [2.24, 2.45) is 5.92 Å². The normalized spacial score (nSPS) is 13.7. The van der Waals surface area contributed by atoms with E-state index in [9.17, 15) is 4.79 Å². The molecule has 2 heterocycles. The smallest absolute Gasteiger partial charge is 0.270 e. The maximum atomic E-state index is 12.4. The number of nitrogens with one attached hydrogen (secondary N) is 1. The van der Waals surface area contributed by atoms with E-state index in [2.05, 4.69) is 58.3 Å². The van der Waals surface area contributed by atoms with E-state index < -0.39 is 0 Å². The molecule has 3 rings (SSSR count). The Morgan fingerprint density at radius 2 is 2.00 bits per heavy atom. The molecule has 132 valence electrons. The summed E-state index contributed by atoms with van der Waals surface area (Å²) in [5.41, 5.74) is 3.96. The first-order valence-electron chi connectivity index (χ1n) is 8.98. The van der Waals surface area contributed by atoms with Crippen molar-refractivity contribution in [2.45, 2.75) is 40.2 Å². The van der Waals surface area contributed by atoms with Crippen LogP contribution in [0.4, 0.5) is 5.95 Å². The summed E-state index contributed by atoms with van der Waals surface area (Å²) >= 11 is 0. The Kier molecular flexibility index (Phi) is 5.31. The highest BCUT2D eigenvalue weighted by Crippen LogP contribution is 2.22. The van der Waals surface area contributed by atoms with E-state index in [-0.39, 0.29) is 5.91 Å². The largest absolute Gasteiger partial charge is 0.351 e. The summed E-state index contributed by atoms with van der Waals surface area (Å²) in [6.45, 7) is 8.53. The van der Waals surface area contributed by atoms with Crippen molar-refractivity contribution in [3.05, 3.63) is 52.8 Å². The first-order valence-corrected chi connectivity index (χ1v) is 8.98. The Morgan fingerprint density at radius 1 is 1.24 bits per heavy atom. The van der Waals surface area contributed by atoms with E-state index >= 15 is 0 Å². The molecule has 5 heteroatoms. The van der Waals surface area contributed by atoms with Crippen LogP contribution in [0.25, 0.3) is 0 Å². The molecule has 0 atom stereocenters. The summed E-state index contributed by atoms with van der Waals surface area (Å²) in [5.74, 6) is 1.09. The molecule has 1 aliphatic rings. The average Bonchev–Trinajstić information content (AvgIpc) is 2.60. The van der Waals surface area contributed by atoms with Crippen LogP contribution < -0.4 is 10.2 Å². The monoisotopic (exact) mass is 338 g/mol. The van der Waals surface area contributed by atoms with Gasteiger partial charge in [-0.25, -0.2) is 9.97 Å². The van der Waals surface area contributed by atoms with Crippen molar-refractivity contribution in [1.82, 2.24) is 15.3 Å². The van der Waals surface area contributed by atoms with Gasteiger partial charge in [-0.3, -0.25) is 4.79 Å². The molecule has 0 saturated heterocycles. The van der Waals surface area contributed by atoms with E-state index in [0.29, 0.717) is 24.1 Å². The van der Waals surface area contributed by atoms with E-state index in [1.165, 1.54) is 11.1 Å². The van der Waals surface area contributed by atoms with Crippen LogP contribution in [-0.4, -0.2) is 29.0 Å². The van der Waals surface area contributed by atoms with E-state index in [0.717, 1.165) is 31.6 Å². The quantitative estimate of drug-likeness (QED) is 0.910. The van der Waals surface area contributed by atoms with Gasteiger partial charge in [0.25, 0.3) is 5.91 Å². The second-order valence-corrected chi connectivity index (χ2v) is 7.07. The number of amides is 1. The number of benzene rings is 1. The van der Waals surface area contributed by atoms with Crippen LogP contribution in [0.5, 0.6) is 0 Å². The fourth-order valence-corrected chi connectivity index (χ4v) is 3.04. The highest BCUT2D eigenvalue weighted by molar-refractivity contribution is 5.92. The number of aryl methyl sites for hydroxylation is 1. The molecular weight excluding hydrogens is 312 g/mol. The molecule has 5 nitrogen and oxygen atoms in total. The van der Waals surface area contributed by atoms with Crippen molar-refractivity contribution in [1.29, 1.82) is 0 Å². The Hall–Kier alpha value is -2.43. The number of hydrogen-bond donors (Lipinski definition) is 1. The second kappa shape index (κ2) is 7.64. The van der Waals surface area contributed by atoms with Crippen LogP contribution in [0.1, 0.15) is 47.6 Å². The fourth-order valence-electron chi connectivity index (χ4n) is 3.04. The summed E-state index contributed by atoms with van der Waals surface area (Å²) in [4.78, 5) is 23.6. The van der Waals surface area contributed by atoms with Gasteiger partial charge in [0.2, 0.25) is 5.95 Å². The number of fused-ring (bicyclic) bond motifs is 1. The molecule has 0 saturated carbocycles. The number of rotatable bonds is 5. The van der Waals surface area contributed by atoms with Crippen LogP contribution >= 0.6 is 0 Å². The summed E-state index contributed by atoms with van der Waals surface area (Å²) in [6.07, 6.45) is 1.94. The maximum Gasteiger partial charge on any atom is 0.270 e. The van der Waals surface area contributed by atoms with Gasteiger partial charge in [-0.1, -0.05) is 38.1 Å². The maximum absolute atomic E-state index is 12.4. The molecule has 2 aromatic rings. The molecule has 0 unspecified atom stereocenters. The predicted molar refractivity (Wildman–Crippen MR) is 99.8 cm³/mol. The van der Waals surface area contributed by atoms with Gasteiger partial charge >= 0.3 is 0 Å². The van der Waals surface area contributed by atoms with Gasteiger partial charge in [-0.2, -0.15) is 0 Å². The van der Waals surface area contributed by atoms with Crippen LogP contribution in [0.15, 0.2) is 30.3 Å². The minimum atomic E-state index is -0.121. The van der Waals surface area contributed by atoms with Crippen molar-refractivity contribution >= 4 is 11.9 Å². The molecule has 0 fully saturated rings. The molecule has 1 amide bonds. The van der Waals surface area contributed by atoms with Gasteiger partial charge in [0.1, 0.15) is 5.69 Å². The number of anilines is 1. The van der Waals surface area contributed by atoms with Crippen LogP contribution in [0.3, 0.4) is 0 Å². The Bertz CT molecular complexity index is 757. The summed E-state index contributed by atoms with van der Waals surface area (Å²) in [5, 5.41) is 2.96. The summed E-state index contributed by atoms with van der Waals surface area (Å²) in [6, 6.07) is 10.2. The molecule has 0 radical (unpaired) electrons. The molecule has 25 heavy (non-hydrogen) atoms. The third-order valence-corrected chi connectivity index (χ3v) is 4.50. The third kappa shape index (κ3) is 4.35. The van der Waals surface area contributed by atoms with Crippen molar-refractivity contribution in [2.75, 3.05) is 18.0 Å². The Labute approximate surface area is 149 Å². The summed E-state index contributed by atoms with van der Waals surface area (Å²) in [7, 11) is 0. The molecular formula is C20H26N4O. The number of carbonyl (C=O) groups is 1. The zero-order chi connectivity index (χ0) is 17.8.